The second-order valence-corrected chi connectivity index (χ2v) is 7.62. The van der Waals surface area contributed by atoms with Gasteiger partial charge in [0, 0.05) is 11.1 Å². The Morgan fingerprint density at radius 3 is 1.38 bits per heavy atom. The Labute approximate surface area is 147 Å². The minimum Gasteiger partial charge on any atom is -0.236 e. The van der Waals surface area contributed by atoms with Gasteiger partial charge in [-0.15, -0.1) is 22.7 Å². The first-order chi connectivity index (χ1) is 11.9. The first kappa shape index (κ1) is 13.8. The summed E-state index contributed by atoms with van der Waals surface area (Å²) in [4.78, 5) is 9.63. The molecule has 2 aromatic heterocycles. The van der Waals surface area contributed by atoms with E-state index in [4.69, 9.17) is 9.97 Å². The number of nitrogens with zero attached hydrogens (tertiary/aromatic N) is 2. The lowest BCUT2D eigenvalue weighted by Crippen LogP contribution is -1.74. The van der Waals surface area contributed by atoms with E-state index in [1.807, 2.05) is 36.4 Å². The van der Waals surface area contributed by atoms with Crippen LogP contribution in [-0.4, -0.2) is 9.97 Å². The van der Waals surface area contributed by atoms with Crippen molar-refractivity contribution in [2.75, 3.05) is 0 Å². The number of hydrogen-bond donors (Lipinski definition) is 0. The van der Waals surface area contributed by atoms with Crippen LogP contribution in [0, 0.1) is 0 Å². The number of benzene rings is 3. The molecule has 5 aromatic rings. The van der Waals surface area contributed by atoms with Crippen LogP contribution < -0.4 is 0 Å². The molecule has 0 radical (unpaired) electrons. The second kappa shape index (κ2) is 5.51. The molecule has 0 spiro atoms. The predicted octanol–water partition coefficient (Wildman–Crippen LogP) is 6.24. The zero-order valence-corrected chi connectivity index (χ0v) is 14.3. The van der Waals surface area contributed by atoms with Gasteiger partial charge in [0.15, 0.2) is 0 Å². The zero-order chi connectivity index (χ0) is 15.9. The SMILES string of the molecule is c1ccc(-c2nc3cc4sc(-c5ccccc5)nc4cc3s2)cc1. The summed E-state index contributed by atoms with van der Waals surface area (Å²) in [6.45, 7) is 0. The number of rotatable bonds is 2. The quantitative estimate of drug-likeness (QED) is 0.379. The number of thiazole rings is 2. The second-order valence-electron chi connectivity index (χ2n) is 5.56. The van der Waals surface area contributed by atoms with Gasteiger partial charge >= 0.3 is 0 Å². The molecule has 0 aliphatic carbocycles. The minimum atomic E-state index is 1.05. The zero-order valence-electron chi connectivity index (χ0n) is 12.6. The maximum absolute atomic E-state index is 4.81. The summed E-state index contributed by atoms with van der Waals surface area (Å²) in [5.74, 6) is 0. The molecular weight excluding hydrogens is 332 g/mol. The molecule has 2 nitrogen and oxygen atoms in total. The molecule has 5 rings (SSSR count). The molecule has 0 atom stereocenters. The van der Waals surface area contributed by atoms with Crippen LogP contribution in [0.4, 0.5) is 0 Å². The predicted molar refractivity (Wildman–Crippen MR) is 104 cm³/mol. The van der Waals surface area contributed by atoms with Gasteiger partial charge in [-0.05, 0) is 12.1 Å². The maximum Gasteiger partial charge on any atom is 0.124 e. The molecule has 0 aliphatic rings. The van der Waals surface area contributed by atoms with E-state index in [9.17, 15) is 0 Å². The van der Waals surface area contributed by atoms with E-state index < -0.39 is 0 Å². The smallest absolute Gasteiger partial charge is 0.124 e. The number of fused-ring (bicyclic) bond motifs is 2. The molecule has 114 valence electrons. The highest BCUT2D eigenvalue weighted by Gasteiger charge is 2.11. The van der Waals surface area contributed by atoms with Crippen LogP contribution in [0.15, 0.2) is 72.8 Å². The Balaban J connectivity index is 1.65. The van der Waals surface area contributed by atoms with Gasteiger partial charge in [0.1, 0.15) is 10.0 Å². The summed E-state index contributed by atoms with van der Waals surface area (Å²) in [7, 11) is 0. The lowest BCUT2D eigenvalue weighted by molar-refractivity contribution is 1.47. The third-order valence-electron chi connectivity index (χ3n) is 3.94. The highest BCUT2D eigenvalue weighted by Crippen LogP contribution is 2.36. The van der Waals surface area contributed by atoms with Crippen LogP contribution >= 0.6 is 22.7 Å². The largest absolute Gasteiger partial charge is 0.236 e. The molecule has 0 unspecified atom stereocenters. The molecule has 0 fully saturated rings. The molecule has 0 bridgehead atoms. The molecule has 0 saturated carbocycles. The van der Waals surface area contributed by atoms with Gasteiger partial charge in [0.05, 0.1) is 20.4 Å². The number of aromatic nitrogens is 2. The Kier molecular flexibility index (Phi) is 3.18. The first-order valence-electron chi connectivity index (χ1n) is 7.69. The van der Waals surface area contributed by atoms with Crippen molar-refractivity contribution in [3.63, 3.8) is 0 Å². The van der Waals surface area contributed by atoms with Gasteiger partial charge in [-0.3, -0.25) is 0 Å². The van der Waals surface area contributed by atoms with Crippen LogP contribution in [0.25, 0.3) is 41.6 Å². The third-order valence-corrected chi connectivity index (χ3v) is 6.07. The first-order valence-corrected chi connectivity index (χ1v) is 9.32. The summed E-state index contributed by atoms with van der Waals surface area (Å²) in [5, 5.41) is 2.12. The Bertz CT molecular complexity index is 1000. The molecular formula is C20H12N2S2. The lowest BCUT2D eigenvalue weighted by atomic mass is 10.2. The Morgan fingerprint density at radius 1 is 0.542 bits per heavy atom. The van der Waals surface area contributed by atoms with Gasteiger partial charge in [0.25, 0.3) is 0 Å². The summed E-state index contributed by atoms with van der Waals surface area (Å²) in [6, 6.07) is 25.0. The van der Waals surface area contributed by atoms with Crippen LogP contribution in [0.1, 0.15) is 0 Å². The van der Waals surface area contributed by atoms with Crippen molar-refractivity contribution in [3.05, 3.63) is 72.8 Å². The fraction of sp³-hybridized carbons (Fsp3) is 0. The van der Waals surface area contributed by atoms with Crippen molar-refractivity contribution in [2.24, 2.45) is 0 Å². The number of hydrogen-bond acceptors (Lipinski definition) is 4. The van der Waals surface area contributed by atoms with Crippen molar-refractivity contribution in [1.29, 1.82) is 0 Å². The summed E-state index contributed by atoms with van der Waals surface area (Å²) in [6.07, 6.45) is 0. The van der Waals surface area contributed by atoms with Gasteiger partial charge in [0.2, 0.25) is 0 Å². The Hall–Kier alpha value is -2.56. The maximum atomic E-state index is 4.81. The molecule has 0 amide bonds. The molecule has 24 heavy (non-hydrogen) atoms. The highest BCUT2D eigenvalue weighted by atomic mass is 32.1. The van der Waals surface area contributed by atoms with Crippen LogP contribution in [0.5, 0.6) is 0 Å². The fourth-order valence-electron chi connectivity index (χ4n) is 2.76. The van der Waals surface area contributed by atoms with Gasteiger partial charge < -0.3 is 0 Å². The monoisotopic (exact) mass is 344 g/mol. The van der Waals surface area contributed by atoms with E-state index in [1.165, 1.54) is 20.5 Å². The van der Waals surface area contributed by atoms with Gasteiger partial charge in [-0.2, -0.15) is 0 Å². The lowest BCUT2D eigenvalue weighted by Gasteiger charge is -1.92. The van der Waals surface area contributed by atoms with E-state index >= 15 is 0 Å². The van der Waals surface area contributed by atoms with Crippen molar-refractivity contribution >= 4 is 43.1 Å². The molecule has 0 aliphatic heterocycles. The third kappa shape index (κ3) is 2.31. The summed E-state index contributed by atoms with van der Waals surface area (Å²) >= 11 is 3.45. The Morgan fingerprint density at radius 2 is 0.958 bits per heavy atom. The fourth-order valence-corrected chi connectivity index (χ4v) is 4.73. The van der Waals surface area contributed by atoms with Crippen molar-refractivity contribution in [3.8, 4) is 21.1 Å². The standard InChI is InChI=1S/C20H12N2S2/c1-3-7-13(8-4-1)19-21-15-11-18-16(12-17(15)23-19)22-20(24-18)14-9-5-2-6-10-14/h1-12H. The van der Waals surface area contributed by atoms with E-state index in [1.54, 1.807) is 22.7 Å². The molecule has 3 aromatic carbocycles. The summed E-state index contributed by atoms with van der Waals surface area (Å²) < 4.78 is 2.37. The van der Waals surface area contributed by atoms with Crippen LogP contribution in [0.2, 0.25) is 0 Å². The van der Waals surface area contributed by atoms with Crippen LogP contribution in [-0.2, 0) is 0 Å². The normalized spacial score (nSPS) is 11.3. The van der Waals surface area contributed by atoms with E-state index in [2.05, 4.69) is 36.4 Å². The van der Waals surface area contributed by atoms with E-state index in [0.29, 0.717) is 0 Å². The highest BCUT2D eigenvalue weighted by molar-refractivity contribution is 7.23. The average molecular weight is 344 g/mol. The van der Waals surface area contributed by atoms with E-state index in [0.717, 1.165) is 21.0 Å². The van der Waals surface area contributed by atoms with Crippen molar-refractivity contribution in [1.82, 2.24) is 9.97 Å². The average Bonchev–Trinajstić information content (AvgIpc) is 3.24. The summed E-state index contributed by atoms with van der Waals surface area (Å²) in [5.41, 5.74) is 4.43. The topological polar surface area (TPSA) is 25.8 Å². The molecule has 4 heteroatoms. The molecule has 0 N–H and O–H groups in total. The van der Waals surface area contributed by atoms with Crippen molar-refractivity contribution < 1.29 is 0 Å². The molecule has 0 saturated heterocycles. The van der Waals surface area contributed by atoms with Crippen molar-refractivity contribution in [2.45, 2.75) is 0 Å². The van der Waals surface area contributed by atoms with Gasteiger partial charge in [-0.1, -0.05) is 60.7 Å². The van der Waals surface area contributed by atoms with E-state index in [-0.39, 0.29) is 0 Å². The minimum absolute atomic E-state index is 1.05. The molecule has 2 heterocycles. The van der Waals surface area contributed by atoms with Crippen LogP contribution in [0.3, 0.4) is 0 Å². The van der Waals surface area contributed by atoms with Gasteiger partial charge in [-0.25, -0.2) is 9.97 Å².